The molecule has 0 aromatic carbocycles. The Labute approximate surface area is 232 Å². The third-order valence-electron chi connectivity index (χ3n) is 6.38. The fourth-order valence-electron chi connectivity index (χ4n) is 4.40. The topological polar surface area (TPSA) is 56.7 Å². The van der Waals surface area contributed by atoms with E-state index in [9.17, 15) is 18.0 Å². The Hall–Kier alpha value is -3.03. The number of amides is 1. The average Bonchev–Trinajstić information content (AvgIpc) is 3.20. The van der Waals surface area contributed by atoms with Crippen LogP contribution in [-0.4, -0.2) is 43.0 Å². The molecular formula is C31H45F3N4O. The quantitative estimate of drug-likeness (QED) is 0.201. The molecule has 0 fully saturated rings. The summed E-state index contributed by atoms with van der Waals surface area (Å²) in [6.07, 6.45) is 10.1. The summed E-state index contributed by atoms with van der Waals surface area (Å²) in [6.45, 7) is 16.7. The van der Waals surface area contributed by atoms with Crippen LogP contribution in [0.3, 0.4) is 0 Å². The Morgan fingerprint density at radius 3 is 2.33 bits per heavy atom. The summed E-state index contributed by atoms with van der Waals surface area (Å²) in [5.74, 6) is 0.845. The summed E-state index contributed by atoms with van der Waals surface area (Å²) >= 11 is 0. The van der Waals surface area contributed by atoms with Crippen LogP contribution < -0.4 is 10.6 Å². The van der Waals surface area contributed by atoms with Gasteiger partial charge in [0.25, 0.3) is 0 Å². The zero-order valence-electron chi connectivity index (χ0n) is 24.5. The number of nitrogens with zero attached hydrogens (tertiary/aromatic N) is 2. The summed E-state index contributed by atoms with van der Waals surface area (Å²) < 4.78 is 39.0. The van der Waals surface area contributed by atoms with Crippen LogP contribution in [0.5, 0.6) is 0 Å². The van der Waals surface area contributed by atoms with Gasteiger partial charge in [0.05, 0.1) is 28.7 Å². The third kappa shape index (κ3) is 9.90. The van der Waals surface area contributed by atoms with Crippen LogP contribution in [0.1, 0.15) is 67.7 Å². The molecule has 0 aromatic rings. The highest BCUT2D eigenvalue weighted by atomic mass is 19.4. The minimum absolute atomic E-state index is 0.107. The third-order valence-corrected chi connectivity index (χ3v) is 6.38. The molecule has 2 rings (SSSR count). The Morgan fingerprint density at radius 2 is 1.74 bits per heavy atom. The van der Waals surface area contributed by atoms with Crippen molar-refractivity contribution in [3.63, 3.8) is 0 Å². The van der Waals surface area contributed by atoms with Crippen LogP contribution in [0.25, 0.3) is 0 Å². The van der Waals surface area contributed by atoms with Crippen molar-refractivity contribution in [2.75, 3.05) is 19.6 Å². The van der Waals surface area contributed by atoms with Crippen LogP contribution in [0.4, 0.5) is 13.2 Å². The van der Waals surface area contributed by atoms with Gasteiger partial charge in [-0.3, -0.25) is 4.79 Å². The standard InChI is InChI=1S/C31H45F3N4O/c1-8-17-35-28-18-25(30(6,7)29(39)38(19-22(2)3)20-23(4)5)12-10-14-27(28)37-21-36-26-13-9-11-24(15-16-26)31(32,33)34/h9,11-12,14-16,18,21-23,35H,8,10,13,17,19-20H2,1-7H3,(H,36,37). The van der Waals surface area contributed by atoms with E-state index >= 15 is 0 Å². The number of aliphatic imine (C=N–C) groups is 1. The van der Waals surface area contributed by atoms with Crippen LogP contribution >= 0.6 is 0 Å². The number of halogens is 3. The number of rotatable bonds is 12. The molecule has 0 heterocycles. The van der Waals surface area contributed by atoms with Gasteiger partial charge in [-0.2, -0.15) is 13.2 Å². The molecule has 0 radical (unpaired) electrons. The smallest absolute Gasteiger partial charge is 0.383 e. The highest BCUT2D eigenvalue weighted by molar-refractivity contribution is 5.86. The number of nitrogens with one attached hydrogen (secondary N) is 2. The fourth-order valence-corrected chi connectivity index (χ4v) is 4.40. The monoisotopic (exact) mass is 546 g/mol. The van der Waals surface area contributed by atoms with Gasteiger partial charge >= 0.3 is 6.18 Å². The number of carbonyl (C=O) groups is 1. The van der Waals surface area contributed by atoms with E-state index in [1.165, 1.54) is 18.5 Å². The molecule has 2 aliphatic carbocycles. The van der Waals surface area contributed by atoms with E-state index in [0.29, 0.717) is 49.2 Å². The summed E-state index contributed by atoms with van der Waals surface area (Å²) in [6, 6.07) is 0. The van der Waals surface area contributed by atoms with Crippen molar-refractivity contribution in [2.24, 2.45) is 22.2 Å². The lowest BCUT2D eigenvalue weighted by molar-refractivity contribution is -0.139. The Morgan fingerprint density at radius 1 is 1.08 bits per heavy atom. The van der Waals surface area contributed by atoms with Gasteiger partial charge in [-0.15, -0.1) is 0 Å². The number of hydrogen-bond acceptors (Lipinski definition) is 3. The van der Waals surface area contributed by atoms with Gasteiger partial charge in [0.2, 0.25) is 5.91 Å². The Balaban J connectivity index is 2.27. The van der Waals surface area contributed by atoms with Crippen molar-refractivity contribution in [3.8, 4) is 0 Å². The second-order valence-electron chi connectivity index (χ2n) is 11.4. The molecular weight excluding hydrogens is 501 g/mol. The SMILES string of the molecule is CCCNC1=CC(C(C)(C)C(=O)N(CC(C)C)CC(C)C)=CCC=C1N=CNC1=CC=C(C(F)(F)F)C=CC1. The molecule has 0 atom stereocenters. The van der Waals surface area contributed by atoms with Crippen LogP contribution in [-0.2, 0) is 4.79 Å². The molecule has 0 aliphatic heterocycles. The van der Waals surface area contributed by atoms with Crippen LogP contribution in [0.15, 0.2) is 75.8 Å². The van der Waals surface area contributed by atoms with E-state index in [4.69, 9.17) is 0 Å². The van der Waals surface area contributed by atoms with E-state index in [1.54, 1.807) is 0 Å². The number of hydrogen-bond donors (Lipinski definition) is 2. The molecule has 39 heavy (non-hydrogen) atoms. The molecule has 2 aliphatic rings. The van der Waals surface area contributed by atoms with Crippen molar-refractivity contribution in [2.45, 2.75) is 73.9 Å². The normalized spacial score (nSPS) is 16.8. The van der Waals surface area contributed by atoms with Crippen molar-refractivity contribution >= 4 is 12.2 Å². The van der Waals surface area contributed by atoms with E-state index in [1.807, 2.05) is 30.9 Å². The zero-order chi connectivity index (χ0) is 29.2. The van der Waals surface area contributed by atoms with Gasteiger partial charge in [-0.1, -0.05) is 58.9 Å². The predicted molar refractivity (Wildman–Crippen MR) is 155 cm³/mol. The largest absolute Gasteiger partial charge is 0.416 e. The fraction of sp³-hybridized carbons (Fsp3) is 0.548. The number of alkyl halides is 3. The summed E-state index contributed by atoms with van der Waals surface area (Å²) in [7, 11) is 0. The minimum atomic E-state index is -4.38. The molecule has 1 amide bonds. The summed E-state index contributed by atoms with van der Waals surface area (Å²) in [4.78, 5) is 20.4. The molecule has 8 heteroatoms. The first-order chi connectivity index (χ1) is 18.3. The first-order valence-electron chi connectivity index (χ1n) is 13.8. The van der Waals surface area contributed by atoms with Gasteiger partial charge < -0.3 is 15.5 Å². The predicted octanol–water partition coefficient (Wildman–Crippen LogP) is 7.20. The average molecular weight is 547 g/mol. The van der Waals surface area contributed by atoms with Gasteiger partial charge in [-0.05, 0) is 62.3 Å². The maximum Gasteiger partial charge on any atom is 0.416 e. The van der Waals surface area contributed by atoms with E-state index < -0.39 is 17.2 Å². The van der Waals surface area contributed by atoms with E-state index in [-0.39, 0.29) is 5.91 Å². The second kappa shape index (κ2) is 14.4. The second-order valence-corrected chi connectivity index (χ2v) is 11.4. The lowest BCUT2D eigenvalue weighted by atomic mass is 9.81. The lowest BCUT2D eigenvalue weighted by Crippen LogP contribution is -2.45. The van der Waals surface area contributed by atoms with E-state index in [2.05, 4.69) is 56.3 Å². The number of allylic oxidation sites excluding steroid dienone is 8. The molecule has 0 aromatic heterocycles. The summed E-state index contributed by atoms with van der Waals surface area (Å²) in [5.41, 5.74) is 1.65. The highest BCUT2D eigenvalue weighted by Gasteiger charge is 2.36. The lowest BCUT2D eigenvalue weighted by Gasteiger charge is -2.35. The van der Waals surface area contributed by atoms with Gasteiger partial charge in [0.1, 0.15) is 0 Å². The first kappa shape index (κ1) is 32.2. The first-order valence-corrected chi connectivity index (χ1v) is 13.8. The molecule has 216 valence electrons. The maximum atomic E-state index is 13.8. The highest BCUT2D eigenvalue weighted by Crippen LogP contribution is 2.34. The van der Waals surface area contributed by atoms with Gasteiger partial charge in [0.15, 0.2) is 0 Å². The van der Waals surface area contributed by atoms with Crippen molar-refractivity contribution in [1.82, 2.24) is 15.5 Å². The van der Waals surface area contributed by atoms with E-state index in [0.717, 1.165) is 36.4 Å². The van der Waals surface area contributed by atoms with Crippen LogP contribution in [0, 0.1) is 17.3 Å². The van der Waals surface area contributed by atoms with Crippen molar-refractivity contribution in [1.29, 1.82) is 0 Å². The van der Waals surface area contributed by atoms with Gasteiger partial charge in [-0.25, -0.2) is 4.99 Å². The Kier molecular flexibility index (Phi) is 11.9. The molecule has 0 saturated heterocycles. The Bertz CT molecular complexity index is 1060. The zero-order valence-corrected chi connectivity index (χ0v) is 24.5. The molecule has 5 nitrogen and oxygen atoms in total. The molecule has 0 bridgehead atoms. The van der Waals surface area contributed by atoms with Crippen molar-refractivity contribution in [3.05, 3.63) is 70.8 Å². The maximum absolute atomic E-state index is 13.8. The molecule has 2 N–H and O–H groups in total. The number of carbonyl (C=O) groups excluding carboxylic acids is 1. The minimum Gasteiger partial charge on any atom is -0.383 e. The van der Waals surface area contributed by atoms with Gasteiger partial charge in [0, 0.05) is 31.8 Å². The molecule has 0 spiro atoms. The molecule has 0 unspecified atom stereocenters. The molecule has 0 saturated carbocycles. The summed E-state index contributed by atoms with van der Waals surface area (Å²) in [5, 5.41) is 6.46. The van der Waals surface area contributed by atoms with Crippen molar-refractivity contribution < 1.29 is 18.0 Å². The van der Waals surface area contributed by atoms with Crippen LogP contribution in [0.2, 0.25) is 0 Å².